The Morgan fingerprint density at radius 2 is 1.88 bits per heavy atom. The highest BCUT2D eigenvalue weighted by molar-refractivity contribution is 5.83. The molecule has 174 valence electrons. The molecule has 2 aliphatic rings. The van der Waals surface area contributed by atoms with E-state index in [4.69, 9.17) is 9.47 Å². The molecule has 1 fully saturated rings. The molecule has 0 unspecified atom stereocenters. The molecule has 2 aromatic heterocycles. The maximum Gasteiger partial charge on any atom is 0.253 e. The molecule has 4 aromatic rings. The van der Waals surface area contributed by atoms with Crippen molar-refractivity contribution in [3.05, 3.63) is 74.8 Å². The minimum Gasteiger partial charge on any atom is -0.454 e. The van der Waals surface area contributed by atoms with Gasteiger partial charge in [-0.05, 0) is 91.0 Å². The van der Waals surface area contributed by atoms with Crippen LogP contribution in [0.15, 0.2) is 41.2 Å². The van der Waals surface area contributed by atoms with Crippen molar-refractivity contribution in [2.24, 2.45) is 0 Å². The fourth-order valence-corrected chi connectivity index (χ4v) is 5.14. The lowest BCUT2D eigenvalue weighted by Gasteiger charge is -2.26. The minimum atomic E-state index is -0.333. The van der Waals surface area contributed by atoms with Crippen molar-refractivity contribution in [1.82, 2.24) is 30.1 Å². The van der Waals surface area contributed by atoms with Crippen LogP contribution < -0.4 is 15.0 Å². The Bertz CT molecular complexity index is 1440. The van der Waals surface area contributed by atoms with Crippen molar-refractivity contribution < 1.29 is 9.47 Å². The number of fused-ring (bicyclic) bond motifs is 2. The zero-order valence-electron chi connectivity index (χ0n) is 19.2. The van der Waals surface area contributed by atoms with E-state index in [0.29, 0.717) is 17.9 Å². The molecule has 1 saturated heterocycles. The van der Waals surface area contributed by atoms with Crippen molar-refractivity contribution in [3.63, 3.8) is 0 Å². The normalized spacial score (nSPS) is 16.4. The predicted octanol–water partition coefficient (Wildman–Crippen LogP) is 3.09. The highest BCUT2D eigenvalue weighted by atomic mass is 16.7. The summed E-state index contributed by atoms with van der Waals surface area (Å²) >= 11 is 0. The second-order valence-electron chi connectivity index (χ2n) is 9.13. The van der Waals surface area contributed by atoms with E-state index in [0.717, 1.165) is 65.0 Å². The van der Waals surface area contributed by atoms with Crippen LogP contribution in [0, 0.1) is 13.8 Å². The summed E-state index contributed by atoms with van der Waals surface area (Å²) in [6.07, 6.45) is 2.17. The van der Waals surface area contributed by atoms with E-state index < -0.39 is 0 Å². The summed E-state index contributed by atoms with van der Waals surface area (Å²) in [5, 5.41) is 13.7. The monoisotopic (exact) mass is 458 g/mol. The molecular formula is C25H26N6O3. The van der Waals surface area contributed by atoms with Crippen molar-refractivity contribution in [2.75, 3.05) is 19.9 Å². The molecule has 1 N–H and O–H groups in total. The number of H-pyrrole nitrogens is 1. The van der Waals surface area contributed by atoms with E-state index in [2.05, 4.69) is 44.5 Å². The van der Waals surface area contributed by atoms with E-state index in [1.807, 2.05) is 31.2 Å². The number of tetrazole rings is 1. The number of nitrogens with zero attached hydrogens (tertiary/aromatic N) is 5. The van der Waals surface area contributed by atoms with Crippen LogP contribution in [0.3, 0.4) is 0 Å². The summed E-state index contributed by atoms with van der Waals surface area (Å²) in [4.78, 5) is 18.8. The molecule has 2 aliphatic heterocycles. The molecule has 9 heteroatoms. The number of hydrogen-bond donors (Lipinski definition) is 1. The number of pyridine rings is 1. The van der Waals surface area contributed by atoms with Crippen molar-refractivity contribution >= 4 is 10.9 Å². The number of benzene rings is 2. The fourth-order valence-electron chi connectivity index (χ4n) is 5.14. The molecule has 0 spiro atoms. The molecule has 0 saturated carbocycles. The van der Waals surface area contributed by atoms with Gasteiger partial charge in [0.25, 0.3) is 5.56 Å². The molecule has 1 atom stereocenters. The number of aryl methyl sites for hydroxylation is 2. The van der Waals surface area contributed by atoms with Gasteiger partial charge in [0.2, 0.25) is 6.79 Å². The zero-order chi connectivity index (χ0) is 23.2. The van der Waals surface area contributed by atoms with E-state index in [1.54, 1.807) is 4.68 Å². The lowest BCUT2D eigenvalue weighted by molar-refractivity contribution is 0.174. The van der Waals surface area contributed by atoms with Gasteiger partial charge in [0.1, 0.15) is 6.04 Å². The topological polar surface area (TPSA) is 98.2 Å². The second kappa shape index (κ2) is 8.25. The minimum absolute atomic E-state index is 0.103. The van der Waals surface area contributed by atoms with Gasteiger partial charge in [0.05, 0.1) is 12.1 Å². The lowest BCUT2D eigenvalue weighted by atomic mass is 10.0. The van der Waals surface area contributed by atoms with E-state index in [1.165, 1.54) is 0 Å². The van der Waals surface area contributed by atoms with E-state index in [-0.39, 0.29) is 18.4 Å². The number of rotatable bonds is 5. The molecule has 0 bridgehead atoms. The third-order valence-corrected chi connectivity index (χ3v) is 6.70. The Morgan fingerprint density at radius 1 is 1.06 bits per heavy atom. The van der Waals surface area contributed by atoms with Gasteiger partial charge < -0.3 is 14.5 Å². The first kappa shape index (κ1) is 20.9. The van der Waals surface area contributed by atoms with Gasteiger partial charge in [-0.15, -0.1) is 5.10 Å². The van der Waals surface area contributed by atoms with E-state index >= 15 is 0 Å². The number of likely N-dealkylation sites (tertiary alicyclic amines) is 1. The molecule has 0 amide bonds. The van der Waals surface area contributed by atoms with Gasteiger partial charge in [-0.25, -0.2) is 4.68 Å². The molecule has 34 heavy (non-hydrogen) atoms. The summed E-state index contributed by atoms with van der Waals surface area (Å²) in [5.41, 5.74) is 4.66. The summed E-state index contributed by atoms with van der Waals surface area (Å²) in [6, 6.07) is 11.7. The predicted molar refractivity (Wildman–Crippen MR) is 126 cm³/mol. The van der Waals surface area contributed by atoms with Crippen LogP contribution >= 0.6 is 0 Å². The summed E-state index contributed by atoms with van der Waals surface area (Å²) in [5.74, 6) is 2.12. The van der Waals surface area contributed by atoms with Crippen LogP contribution in [0.1, 0.15) is 47.0 Å². The molecule has 0 radical (unpaired) electrons. The highest BCUT2D eigenvalue weighted by Crippen LogP contribution is 2.34. The number of ether oxygens (including phenoxy) is 2. The summed E-state index contributed by atoms with van der Waals surface area (Å²) in [7, 11) is 0. The van der Waals surface area contributed by atoms with Gasteiger partial charge in [0, 0.05) is 5.56 Å². The maximum atomic E-state index is 13.4. The number of hydrogen-bond acceptors (Lipinski definition) is 7. The van der Waals surface area contributed by atoms with Crippen LogP contribution in [-0.4, -0.2) is 50.0 Å². The maximum absolute atomic E-state index is 13.4. The average Bonchev–Trinajstić information content (AvgIpc) is 3.58. The van der Waals surface area contributed by atoms with Crippen molar-refractivity contribution in [1.29, 1.82) is 0 Å². The number of nitrogens with one attached hydrogen (secondary N) is 1. The standard InChI is InChI=1S/C25H26N6O3/c1-15-9-16(2)22-18(10-15)12-19(25(32)26-22)23(30-7-3-4-8-30)24-27-28-29-31(24)13-17-5-6-20-21(11-17)34-14-33-20/h5-6,9-12,23H,3-4,7-8,13-14H2,1-2H3,(H,26,32)/t23-/m0/s1. The SMILES string of the molecule is Cc1cc(C)c2[nH]c(=O)c([C@@H](c3nnnn3Cc3ccc4c(c3)OCO4)N3CCCC3)cc2c1. The largest absolute Gasteiger partial charge is 0.454 e. The Balaban J connectivity index is 1.44. The van der Waals surface area contributed by atoms with Gasteiger partial charge in [-0.2, -0.15) is 0 Å². The average molecular weight is 459 g/mol. The molecule has 2 aromatic carbocycles. The van der Waals surface area contributed by atoms with Crippen LogP contribution in [0.5, 0.6) is 11.5 Å². The lowest BCUT2D eigenvalue weighted by Crippen LogP contribution is -2.33. The van der Waals surface area contributed by atoms with Gasteiger partial charge in [-0.3, -0.25) is 9.69 Å². The Labute approximate surface area is 196 Å². The summed E-state index contributed by atoms with van der Waals surface area (Å²) in [6.45, 7) is 6.58. The van der Waals surface area contributed by atoms with Gasteiger partial charge in [0.15, 0.2) is 17.3 Å². The number of aromatic amines is 1. The van der Waals surface area contributed by atoms with Crippen LogP contribution in [0.2, 0.25) is 0 Å². The first-order chi connectivity index (χ1) is 16.6. The fraction of sp³-hybridized carbons (Fsp3) is 0.360. The first-order valence-corrected chi connectivity index (χ1v) is 11.6. The second-order valence-corrected chi connectivity index (χ2v) is 9.13. The third kappa shape index (κ3) is 3.62. The Morgan fingerprint density at radius 3 is 2.74 bits per heavy atom. The van der Waals surface area contributed by atoms with Crippen LogP contribution in [0.25, 0.3) is 10.9 Å². The first-order valence-electron chi connectivity index (χ1n) is 11.6. The Hall–Kier alpha value is -3.72. The quantitative estimate of drug-likeness (QED) is 0.491. The molecule has 4 heterocycles. The van der Waals surface area contributed by atoms with E-state index in [9.17, 15) is 4.79 Å². The third-order valence-electron chi connectivity index (χ3n) is 6.70. The smallest absolute Gasteiger partial charge is 0.253 e. The molecule has 9 nitrogen and oxygen atoms in total. The van der Waals surface area contributed by atoms with Gasteiger partial charge >= 0.3 is 0 Å². The molecule has 6 rings (SSSR count). The highest BCUT2D eigenvalue weighted by Gasteiger charge is 2.32. The molecule has 0 aliphatic carbocycles. The van der Waals surface area contributed by atoms with Crippen LogP contribution in [-0.2, 0) is 6.54 Å². The van der Waals surface area contributed by atoms with Crippen LogP contribution in [0.4, 0.5) is 0 Å². The Kier molecular flexibility index (Phi) is 5.06. The van der Waals surface area contributed by atoms with Crippen molar-refractivity contribution in [2.45, 2.75) is 39.3 Å². The molecular weight excluding hydrogens is 432 g/mol. The zero-order valence-corrected chi connectivity index (χ0v) is 19.2. The number of aromatic nitrogens is 5. The van der Waals surface area contributed by atoms with Gasteiger partial charge in [-0.1, -0.05) is 17.7 Å². The summed E-state index contributed by atoms with van der Waals surface area (Å²) < 4.78 is 12.7. The van der Waals surface area contributed by atoms with Crippen molar-refractivity contribution in [3.8, 4) is 11.5 Å².